The van der Waals surface area contributed by atoms with Crippen LogP contribution in [0.3, 0.4) is 0 Å². The summed E-state index contributed by atoms with van der Waals surface area (Å²) in [7, 11) is 3.38. The van der Waals surface area contributed by atoms with Gasteiger partial charge in [0.2, 0.25) is 16.2 Å². The van der Waals surface area contributed by atoms with E-state index in [2.05, 4.69) is 25.6 Å². The van der Waals surface area contributed by atoms with Crippen molar-refractivity contribution in [3.63, 3.8) is 0 Å². The van der Waals surface area contributed by atoms with Gasteiger partial charge in [-0.05, 0) is 18.2 Å². The second-order valence-corrected chi connectivity index (χ2v) is 10.1. The van der Waals surface area contributed by atoms with E-state index in [0.29, 0.717) is 57.6 Å². The number of halogens is 3. The van der Waals surface area contributed by atoms with Crippen molar-refractivity contribution in [3.8, 4) is 5.75 Å². The molecule has 0 bridgehead atoms. The number of ether oxygens (including phenoxy) is 2. The zero-order valence-corrected chi connectivity index (χ0v) is 22.7. The van der Waals surface area contributed by atoms with Gasteiger partial charge in [0.25, 0.3) is 5.91 Å². The molecule has 2 fully saturated rings. The molecule has 17 heteroatoms. The Bertz CT molecular complexity index is 1210. The van der Waals surface area contributed by atoms with Gasteiger partial charge in [-0.1, -0.05) is 11.3 Å². The predicted octanol–water partition coefficient (Wildman–Crippen LogP) is 1.76. The van der Waals surface area contributed by atoms with E-state index in [4.69, 9.17) is 4.74 Å². The Morgan fingerprint density at radius 1 is 1.05 bits per heavy atom. The molecule has 0 atom stereocenters. The summed E-state index contributed by atoms with van der Waals surface area (Å²) in [5.41, 5.74) is -0.324. The Labute approximate surface area is 231 Å². The number of amides is 4. The average Bonchev–Trinajstić information content (AvgIpc) is 3.37. The van der Waals surface area contributed by atoms with E-state index >= 15 is 0 Å². The van der Waals surface area contributed by atoms with Crippen molar-refractivity contribution < 1.29 is 37.0 Å². The summed E-state index contributed by atoms with van der Waals surface area (Å²) >= 11 is 1.12. The minimum Gasteiger partial charge on any atom is -0.404 e. The number of hydrogen-bond acceptors (Lipinski definition) is 10. The summed E-state index contributed by atoms with van der Waals surface area (Å²) in [5, 5.41) is 13.8. The fraction of sp³-hybridized carbons (Fsp3) is 0.522. The van der Waals surface area contributed by atoms with E-state index in [1.807, 2.05) is 4.90 Å². The first kappa shape index (κ1) is 29.3. The summed E-state index contributed by atoms with van der Waals surface area (Å²) in [4.78, 5) is 44.5. The van der Waals surface area contributed by atoms with Gasteiger partial charge in [-0.3, -0.25) is 19.8 Å². The minimum absolute atomic E-state index is 0.0243. The monoisotopic (exact) mass is 586 g/mol. The number of carbonyl (C=O) groups is 3. The summed E-state index contributed by atoms with van der Waals surface area (Å²) < 4.78 is 48.1. The fourth-order valence-electron chi connectivity index (χ4n) is 4.07. The number of benzene rings is 1. The Balaban J connectivity index is 1.41. The first-order chi connectivity index (χ1) is 19.0. The standard InChI is InChI=1S/C23H29F3N8O5S/c1-31(2)22(37)34-7-5-33(6-8-34)21-30-29-20(40-21)28-19(36)15-3-4-17(39-23(24,25)26)16(13-15)27-18(35)14-32-9-11-38-12-10-32/h3-4,13H,5-12,14H2,1-2H3,(H,27,35)(H,28,29,36). The number of nitrogens with one attached hydrogen (secondary N) is 2. The van der Waals surface area contributed by atoms with Crippen molar-refractivity contribution in [2.24, 2.45) is 0 Å². The number of urea groups is 1. The molecule has 2 aliphatic heterocycles. The zero-order chi connectivity index (χ0) is 28.9. The van der Waals surface area contributed by atoms with Crippen LogP contribution in [0.25, 0.3) is 0 Å². The number of hydrogen-bond donors (Lipinski definition) is 2. The molecular formula is C23H29F3N8O5S. The van der Waals surface area contributed by atoms with Crippen molar-refractivity contribution in [2.45, 2.75) is 6.36 Å². The van der Waals surface area contributed by atoms with Crippen molar-refractivity contribution in [2.75, 3.05) is 88.7 Å². The highest BCUT2D eigenvalue weighted by atomic mass is 32.1. The number of aromatic nitrogens is 2. The second-order valence-electron chi connectivity index (χ2n) is 9.19. The molecular weight excluding hydrogens is 557 g/mol. The highest BCUT2D eigenvalue weighted by molar-refractivity contribution is 7.19. The molecule has 0 radical (unpaired) electrons. The van der Waals surface area contributed by atoms with Crippen LogP contribution in [0.4, 0.5) is 33.9 Å². The quantitative estimate of drug-likeness (QED) is 0.498. The van der Waals surface area contributed by atoms with Gasteiger partial charge in [0.1, 0.15) is 0 Å². The molecule has 1 aromatic heterocycles. The number of alkyl halides is 3. The molecule has 40 heavy (non-hydrogen) atoms. The van der Waals surface area contributed by atoms with Gasteiger partial charge in [0, 0.05) is 58.9 Å². The maximum atomic E-state index is 13.0. The normalized spacial score (nSPS) is 16.4. The van der Waals surface area contributed by atoms with Crippen molar-refractivity contribution >= 4 is 45.1 Å². The predicted molar refractivity (Wildman–Crippen MR) is 140 cm³/mol. The smallest absolute Gasteiger partial charge is 0.404 e. The van der Waals surface area contributed by atoms with Crippen LogP contribution in [0.15, 0.2) is 18.2 Å². The molecule has 4 rings (SSSR count). The number of carbonyl (C=O) groups excluding carboxylic acids is 3. The van der Waals surface area contributed by atoms with Gasteiger partial charge in [0.05, 0.1) is 25.4 Å². The van der Waals surface area contributed by atoms with Crippen LogP contribution in [-0.4, -0.2) is 122 Å². The van der Waals surface area contributed by atoms with Gasteiger partial charge in [-0.2, -0.15) is 0 Å². The molecule has 0 spiro atoms. The fourth-order valence-corrected chi connectivity index (χ4v) is 4.86. The van der Waals surface area contributed by atoms with Crippen LogP contribution in [0.2, 0.25) is 0 Å². The number of rotatable bonds is 7. The van der Waals surface area contributed by atoms with Crippen LogP contribution in [0.1, 0.15) is 10.4 Å². The Morgan fingerprint density at radius 3 is 2.40 bits per heavy atom. The van der Waals surface area contributed by atoms with Crippen molar-refractivity contribution in [3.05, 3.63) is 23.8 Å². The topological polar surface area (TPSA) is 132 Å². The van der Waals surface area contributed by atoms with Crippen LogP contribution >= 0.6 is 11.3 Å². The van der Waals surface area contributed by atoms with E-state index in [1.54, 1.807) is 23.9 Å². The van der Waals surface area contributed by atoms with Gasteiger partial charge >= 0.3 is 12.4 Å². The third-order valence-corrected chi connectivity index (χ3v) is 6.95. The summed E-state index contributed by atoms with van der Waals surface area (Å²) in [5.74, 6) is -1.87. The molecule has 0 unspecified atom stereocenters. The SMILES string of the molecule is CN(C)C(=O)N1CCN(c2nnc(NC(=O)c3ccc(OC(F)(F)F)c(NC(=O)CN4CCOCC4)c3)s2)CC1. The highest BCUT2D eigenvalue weighted by Crippen LogP contribution is 2.32. The Morgan fingerprint density at radius 2 is 1.75 bits per heavy atom. The molecule has 0 aliphatic carbocycles. The van der Waals surface area contributed by atoms with E-state index in [0.717, 1.165) is 29.5 Å². The molecule has 2 N–H and O–H groups in total. The number of piperazine rings is 1. The van der Waals surface area contributed by atoms with Crippen LogP contribution < -0.4 is 20.3 Å². The third kappa shape index (κ3) is 7.92. The molecule has 2 aromatic rings. The largest absolute Gasteiger partial charge is 0.573 e. The summed E-state index contributed by atoms with van der Waals surface area (Å²) in [6, 6.07) is 3.15. The maximum absolute atomic E-state index is 13.0. The first-order valence-electron chi connectivity index (χ1n) is 12.3. The van der Waals surface area contributed by atoms with E-state index in [9.17, 15) is 27.6 Å². The maximum Gasteiger partial charge on any atom is 0.573 e. The molecule has 0 saturated carbocycles. The van der Waals surface area contributed by atoms with Gasteiger partial charge < -0.3 is 29.5 Å². The second kappa shape index (κ2) is 12.6. The van der Waals surface area contributed by atoms with Gasteiger partial charge in [0.15, 0.2) is 5.75 Å². The van der Waals surface area contributed by atoms with Crippen LogP contribution in [0.5, 0.6) is 5.75 Å². The number of anilines is 3. The zero-order valence-electron chi connectivity index (χ0n) is 21.9. The van der Waals surface area contributed by atoms with E-state index in [-0.39, 0.29) is 29.0 Å². The molecule has 13 nitrogen and oxygen atoms in total. The molecule has 1 aromatic carbocycles. The average molecular weight is 587 g/mol. The lowest BCUT2D eigenvalue weighted by atomic mass is 10.1. The van der Waals surface area contributed by atoms with Gasteiger partial charge in [-0.15, -0.1) is 23.4 Å². The summed E-state index contributed by atoms with van der Waals surface area (Å²) in [6.07, 6.45) is -5.00. The van der Waals surface area contributed by atoms with Crippen molar-refractivity contribution in [1.82, 2.24) is 24.9 Å². The number of morpholine rings is 1. The number of nitrogens with zero attached hydrogens (tertiary/aromatic N) is 6. The lowest BCUT2D eigenvalue weighted by Gasteiger charge is -2.35. The first-order valence-corrected chi connectivity index (χ1v) is 13.2. The van der Waals surface area contributed by atoms with Gasteiger partial charge in [-0.25, -0.2) is 4.79 Å². The molecule has 3 heterocycles. The van der Waals surface area contributed by atoms with Crippen molar-refractivity contribution in [1.29, 1.82) is 0 Å². The minimum atomic E-state index is -5.00. The van der Waals surface area contributed by atoms with E-state index < -0.39 is 23.9 Å². The molecule has 2 aliphatic rings. The van der Waals surface area contributed by atoms with E-state index in [1.165, 1.54) is 4.90 Å². The lowest BCUT2D eigenvalue weighted by Crippen LogP contribution is -2.51. The van der Waals surface area contributed by atoms with Crippen LogP contribution in [0, 0.1) is 0 Å². The summed E-state index contributed by atoms with van der Waals surface area (Å²) in [6.45, 7) is 3.94. The lowest BCUT2D eigenvalue weighted by molar-refractivity contribution is -0.274. The highest BCUT2D eigenvalue weighted by Gasteiger charge is 2.33. The van der Waals surface area contributed by atoms with Crippen LogP contribution in [-0.2, 0) is 9.53 Å². The molecule has 218 valence electrons. The third-order valence-electron chi connectivity index (χ3n) is 6.05. The Kier molecular flexibility index (Phi) is 9.26. The Hall–Kier alpha value is -3.70. The molecule has 4 amide bonds. The molecule has 2 saturated heterocycles.